The number of carbonyl (C=O) groups is 1. The smallest absolute Gasteiger partial charge is 0.414 e. The monoisotopic (exact) mass is 794 g/mol. The van der Waals surface area contributed by atoms with E-state index in [9.17, 15) is 22.0 Å². The van der Waals surface area contributed by atoms with Gasteiger partial charge in [0.1, 0.15) is 5.60 Å². The molecule has 302 valence electrons. The third-order valence-corrected chi connectivity index (χ3v) is 11.6. The van der Waals surface area contributed by atoms with Crippen LogP contribution in [-0.4, -0.2) is 70.0 Å². The zero-order chi connectivity index (χ0) is 40.6. The van der Waals surface area contributed by atoms with Gasteiger partial charge in [-0.1, -0.05) is 93.4 Å². The van der Waals surface area contributed by atoms with Crippen LogP contribution in [0, 0.1) is 0 Å². The van der Waals surface area contributed by atoms with Gasteiger partial charge in [-0.25, -0.2) is 4.79 Å². The lowest BCUT2D eigenvalue weighted by atomic mass is 9.80. The van der Waals surface area contributed by atoms with Crippen LogP contribution in [-0.2, 0) is 36.8 Å². The van der Waals surface area contributed by atoms with E-state index in [1.165, 1.54) is 5.56 Å². The van der Waals surface area contributed by atoms with Crippen molar-refractivity contribution in [3.05, 3.63) is 107 Å². The molecule has 0 bridgehead atoms. The van der Waals surface area contributed by atoms with Crippen LogP contribution in [0.2, 0.25) is 0 Å². The molecular weight excluding hydrogens is 735 g/mol. The molecule has 1 aliphatic carbocycles. The molecule has 0 saturated carbocycles. The standard InChI is InChI=1S/C43H61N3O7S2/c1-41(2,3)53-40(47)45(8)39-32(18-17-27-42(4,5)34-19-9-11-21-36(34)44-28-13-16-31-55(50,51)52)23-24-33(39)25-26-38-43(6,7)35-20-10-12-22-37(35)46(38)29-14-15-30-54(48)49/h9-12,17-22,25-26,44H,13-16,23-24,27-31H2,1-8H3,(H,48,49)(H,50,51,52)/p-1/b18-17+,33-25+,38-26+. The third-order valence-electron chi connectivity index (χ3n) is 10.2. The largest absolute Gasteiger partial charge is 0.772 e. The highest BCUT2D eigenvalue weighted by molar-refractivity contribution is 7.85. The van der Waals surface area contributed by atoms with Crippen molar-refractivity contribution in [3.63, 3.8) is 0 Å². The van der Waals surface area contributed by atoms with Crippen LogP contribution in [0.4, 0.5) is 16.2 Å². The Morgan fingerprint density at radius 2 is 1.71 bits per heavy atom. The average Bonchev–Trinajstić information content (AvgIpc) is 3.58. The van der Waals surface area contributed by atoms with Gasteiger partial charge in [-0.15, -0.1) is 0 Å². The van der Waals surface area contributed by atoms with E-state index in [4.69, 9.17) is 9.29 Å². The summed E-state index contributed by atoms with van der Waals surface area (Å²) in [6.45, 7) is 15.7. The number of nitrogens with zero attached hydrogens (tertiary/aromatic N) is 2. The Morgan fingerprint density at radius 1 is 1.02 bits per heavy atom. The predicted octanol–water partition coefficient (Wildman–Crippen LogP) is 9.17. The molecule has 10 nitrogen and oxygen atoms in total. The van der Waals surface area contributed by atoms with Gasteiger partial charge in [0.2, 0.25) is 0 Å². The number of hydrogen-bond donors (Lipinski definition) is 2. The number of ether oxygens (including phenoxy) is 1. The summed E-state index contributed by atoms with van der Waals surface area (Å²) in [6.07, 6.45) is 12.8. The Bertz CT molecular complexity index is 1940. The Hall–Kier alpha value is -3.71. The average molecular weight is 795 g/mol. The van der Waals surface area contributed by atoms with Crippen LogP contribution in [0.3, 0.4) is 0 Å². The summed E-state index contributed by atoms with van der Waals surface area (Å²) < 4.78 is 59.5. The Morgan fingerprint density at radius 3 is 2.40 bits per heavy atom. The molecule has 1 unspecified atom stereocenters. The van der Waals surface area contributed by atoms with Gasteiger partial charge in [0.05, 0.1) is 11.4 Å². The van der Waals surface area contributed by atoms with Crippen molar-refractivity contribution in [1.82, 2.24) is 4.90 Å². The number of anilines is 2. The molecule has 2 aromatic rings. The number of allylic oxidation sites excluding steroid dienone is 7. The number of nitrogens with one attached hydrogen (secondary N) is 1. The van der Waals surface area contributed by atoms with Gasteiger partial charge in [0, 0.05) is 48.4 Å². The van der Waals surface area contributed by atoms with Crippen LogP contribution < -0.4 is 10.2 Å². The molecule has 0 saturated heterocycles. The fourth-order valence-electron chi connectivity index (χ4n) is 7.41. The lowest BCUT2D eigenvalue weighted by molar-refractivity contribution is 0.0356. The van der Waals surface area contributed by atoms with Gasteiger partial charge in [-0.2, -0.15) is 8.42 Å². The first-order valence-electron chi connectivity index (χ1n) is 19.2. The number of hydrogen-bond acceptors (Lipinski definition) is 8. The Labute approximate surface area is 331 Å². The molecule has 0 fully saturated rings. The fourth-order valence-corrected chi connectivity index (χ4v) is 8.42. The topological polar surface area (TPSA) is 139 Å². The summed E-state index contributed by atoms with van der Waals surface area (Å²) in [6, 6.07) is 16.5. The summed E-state index contributed by atoms with van der Waals surface area (Å²) in [5.74, 6) is -0.103. The molecule has 1 aliphatic heterocycles. The molecule has 4 rings (SSSR count). The number of para-hydroxylation sites is 2. The predicted molar refractivity (Wildman–Crippen MR) is 224 cm³/mol. The Kier molecular flexibility index (Phi) is 14.8. The van der Waals surface area contributed by atoms with Crippen molar-refractivity contribution in [3.8, 4) is 0 Å². The van der Waals surface area contributed by atoms with Gasteiger partial charge in [0.15, 0.2) is 0 Å². The maximum atomic E-state index is 13.5. The van der Waals surface area contributed by atoms with Crippen LogP contribution in [0.15, 0.2) is 95.4 Å². The highest BCUT2D eigenvalue weighted by atomic mass is 32.2. The zero-order valence-corrected chi connectivity index (χ0v) is 35.4. The number of unbranched alkanes of at least 4 members (excludes halogenated alkanes) is 2. The summed E-state index contributed by atoms with van der Waals surface area (Å²) >= 11 is -2.06. The molecule has 2 N–H and O–H groups in total. The summed E-state index contributed by atoms with van der Waals surface area (Å²) in [4.78, 5) is 17.5. The molecule has 1 heterocycles. The molecule has 2 aromatic carbocycles. The normalized spacial score (nSPS) is 18.0. The molecular formula is C43H60N3O7S2-. The molecule has 2 aliphatic rings. The van der Waals surface area contributed by atoms with E-state index < -0.39 is 32.9 Å². The lowest BCUT2D eigenvalue weighted by Crippen LogP contribution is -2.34. The van der Waals surface area contributed by atoms with Crippen molar-refractivity contribution < 1.29 is 31.3 Å². The number of amides is 1. The van der Waals surface area contributed by atoms with Gasteiger partial charge in [-0.05, 0) is 112 Å². The second-order valence-electron chi connectivity index (χ2n) is 16.6. The van der Waals surface area contributed by atoms with E-state index >= 15 is 0 Å². The quantitative estimate of drug-likeness (QED) is 0.0912. The zero-order valence-electron chi connectivity index (χ0n) is 33.8. The summed E-state index contributed by atoms with van der Waals surface area (Å²) in [5, 5.41) is 3.46. The van der Waals surface area contributed by atoms with Crippen molar-refractivity contribution in [1.29, 1.82) is 0 Å². The fraction of sp³-hybridized carbons (Fsp3) is 0.512. The van der Waals surface area contributed by atoms with Crippen molar-refractivity contribution in [2.24, 2.45) is 0 Å². The van der Waals surface area contributed by atoms with Crippen LogP contribution in [0.5, 0.6) is 0 Å². The number of carbonyl (C=O) groups excluding carboxylic acids is 1. The third kappa shape index (κ3) is 12.1. The number of rotatable bonds is 17. The molecule has 1 amide bonds. The first kappa shape index (κ1) is 44.0. The lowest BCUT2D eigenvalue weighted by Gasteiger charge is -2.28. The summed E-state index contributed by atoms with van der Waals surface area (Å²) in [5.41, 5.74) is 7.35. The van der Waals surface area contributed by atoms with E-state index in [1.54, 1.807) is 11.9 Å². The minimum absolute atomic E-state index is 0.145. The minimum Gasteiger partial charge on any atom is -0.772 e. The first-order chi connectivity index (χ1) is 25.7. The van der Waals surface area contributed by atoms with E-state index in [0.29, 0.717) is 32.4 Å². The van der Waals surface area contributed by atoms with E-state index in [2.05, 4.69) is 86.5 Å². The van der Waals surface area contributed by atoms with Gasteiger partial charge in [0.25, 0.3) is 10.1 Å². The molecule has 0 spiro atoms. The van der Waals surface area contributed by atoms with Crippen molar-refractivity contribution in [2.75, 3.05) is 41.9 Å². The highest BCUT2D eigenvalue weighted by Gasteiger charge is 2.39. The molecule has 0 radical (unpaired) electrons. The second kappa shape index (κ2) is 18.5. The van der Waals surface area contributed by atoms with Gasteiger partial charge >= 0.3 is 6.09 Å². The number of benzene rings is 2. The van der Waals surface area contributed by atoms with Crippen molar-refractivity contribution >= 4 is 38.7 Å². The van der Waals surface area contributed by atoms with Crippen LogP contribution in [0.25, 0.3) is 0 Å². The molecule has 12 heteroatoms. The molecule has 1 atom stereocenters. The number of fused-ring (bicyclic) bond motifs is 1. The maximum absolute atomic E-state index is 13.5. The molecule has 55 heavy (non-hydrogen) atoms. The van der Waals surface area contributed by atoms with E-state index in [0.717, 1.165) is 65.2 Å². The SMILES string of the molecule is CN(C(=O)OC(C)(C)C)C1=C(/C=C/CC(C)(C)c2ccccc2NCCCCS(=O)(=O)O)CC/C1=C\C=C1\N(CCCCS(=O)[O-])c2ccccc2C1(C)C. The van der Waals surface area contributed by atoms with E-state index in [-0.39, 0.29) is 22.3 Å². The maximum Gasteiger partial charge on any atom is 0.414 e. The minimum atomic E-state index is -3.97. The second-order valence-corrected chi connectivity index (χ2v) is 19.2. The summed E-state index contributed by atoms with van der Waals surface area (Å²) in [7, 11) is -2.20. The van der Waals surface area contributed by atoms with Crippen LogP contribution >= 0.6 is 0 Å². The van der Waals surface area contributed by atoms with Gasteiger partial charge in [-0.3, -0.25) is 13.7 Å². The number of likely N-dealkylation sites (N-methyl/N-ethyl adjacent to an activating group) is 1. The molecule has 0 aromatic heterocycles. The van der Waals surface area contributed by atoms with Crippen LogP contribution in [0.1, 0.15) is 105 Å². The van der Waals surface area contributed by atoms with E-state index in [1.807, 2.05) is 45.0 Å². The van der Waals surface area contributed by atoms with Crippen molar-refractivity contribution in [2.45, 2.75) is 110 Å². The van der Waals surface area contributed by atoms with Gasteiger partial charge < -0.3 is 19.5 Å². The first-order valence-corrected chi connectivity index (χ1v) is 22.1. The highest BCUT2D eigenvalue weighted by Crippen LogP contribution is 2.48. The Balaban J connectivity index is 1.64.